The highest BCUT2D eigenvalue weighted by Gasteiger charge is 2.41. The molecule has 1 heterocycles. The summed E-state index contributed by atoms with van der Waals surface area (Å²) in [4.78, 5) is 14.7. The van der Waals surface area contributed by atoms with Gasteiger partial charge in [0.05, 0.1) is 6.17 Å². The lowest BCUT2D eigenvalue weighted by Gasteiger charge is -2.32. The van der Waals surface area contributed by atoms with Gasteiger partial charge in [0.15, 0.2) is 0 Å². The number of nitrogens with one attached hydrogen (secondary N) is 1. The van der Waals surface area contributed by atoms with Crippen molar-refractivity contribution in [2.24, 2.45) is 5.92 Å². The molecule has 0 aromatic heterocycles. The van der Waals surface area contributed by atoms with E-state index in [2.05, 4.69) is 33.0 Å². The molecule has 1 amide bonds. The van der Waals surface area contributed by atoms with Crippen LogP contribution in [0.25, 0.3) is 0 Å². The second-order valence-electron chi connectivity index (χ2n) is 5.66. The molecule has 1 N–H and O–H groups in total. The Labute approximate surface area is 116 Å². The Morgan fingerprint density at radius 2 is 1.84 bits per heavy atom. The third-order valence-electron chi connectivity index (χ3n) is 4.12. The van der Waals surface area contributed by atoms with Gasteiger partial charge in [-0.3, -0.25) is 10.1 Å². The van der Waals surface area contributed by atoms with E-state index in [4.69, 9.17) is 0 Å². The minimum Gasteiger partial charge on any atom is -0.323 e. The first kappa shape index (κ1) is 14.1. The van der Waals surface area contributed by atoms with Crippen LogP contribution in [0.15, 0.2) is 30.3 Å². The number of rotatable bonds is 4. The zero-order valence-electron chi connectivity index (χ0n) is 12.3. The average molecular weight is 260 g/mol. The second-order valence-corrected chi connectivity index (χ2v) is 5.66. The summed E-state index contributed by atoms with van der Waals surface area (Å²) in [5, 5.41) is 3.47. The first-order valence-electron chi connectivity index (χ1n) is 7.19. The zero-order chi connectivity index (χ0) is 14.0. The summed E-state index contributed by atoms with van der Waals surface area (Å²) < 4.78 is 0. The Balaban J connectivity index is 2.25. The van der Waals surface area contributed by atoms with Gasteiger partial charge in [-0.05, 0) is 24.8 Å². The fourth-order valence-corrected chi connectivity index (χ4v) is 2.65. The fraction of sp³-hybridized carbons (Fsp3) is 0.562. The van der Waals surface area contributed by atoms with Crippen LogP contribution in [0.4, 0.5) is 0 Å². The lowest BCUT2D eigenvalue weighted by molar-refractivity contribution is -0.133. The monoisotopic (exact) mass is 260 g/mol. The van der Waals surface area contributed by atoms with Gasteiger partial charge in [0.1, 0.15) is 6.04 Å². The minimum atomic E-state index is -0.188. The molecule has 19 heavy (non-hydrogen) atoms. The number of amides is 1. The number of benzene rings is 1. The van der Waals surface area contributed by atoms with Crippen LogP contribution in [-0.4, -0.2) is 23.0 Å². The number of carbonyl (C=O) groups is 1. The third-order valence-corrected chi connectivity index (χ3v) is 4.12. The molecule has 1 aromatic carbocycles. The summed E-state index contributed by atoms with van der Waals surface area (Å²) >= 11 is 0. The van der Waals surface area contributed by atoms with Gasteiger partial charge in [0, 0.05) is 6.04 Å². The quantitative estimate of drug-likeness (QED) is 0.902. The van der Waals surface area contributed by atoms with Crippen molar-refractivity contribution in [3.05, 3.63) is 35.9 Å². The summed E-state index contributed by atoms with van der Waals surface area (Å²) in [5.74, 6) is 0.675. The van der Waals surface area contributed by atoms with E-state index in [-0.39, 0.29) is 24.2 Å². The predicted octanol–water partition coefficient (Wildman–Crippen LogP) is 2.94. The van der Waals surface area contributed by atoms with Crippen LogP contribution in [-0.2, 0) is 4.79 Å². The smallest absolute Gasteiger partial charge is 0.245 e. The van der Waals surface area contributed by atoms with Gasteiger partial charge in [0.2, 0.25) is 5.91 Å². The van der Waals surface area contributed by atoms with Gasteiger partial charge in [-0.1, -0.05) is 51.1 Å². The molecule has 1 aromatic rings. The van der Waals surface area contributed by atoms with Gasteiger partial charge >= 0.3 is 0 Å². The standard InChI is InChI=1S/C16H24N2O/c1-5-14-17-15(13-9-7-6-8-10-13)16(19)18(14)12(4)11(2)3/h6-12,14-15,17H,5H2,1-4H3. The Hall–Kier alpha value is -1.35. The van der Waals surface area contributed by atoms with Crippen molar-refractivity contribution < 1.29 is 4.79 Å². The summed E-state index contributed by atoms with van der Waals surface area (Å²) in [6, 6.07) is 10.1. The molecule has 0 spiro atoms. The molecule has 1 aliphatic heterocycles. The molecular weight excluding hydrogens is 236 g/mol. The van der Waals surface area contributed by atoms with Crippen LogP contribution >= 0.6 is 0 Å². The third kappa shape index (κ3) is 2.66. The van der Waals surface area contributed by atoms with E-state index >= 15 is 0 Å². The van der Waals surface area contributed by atoms with Crippen molar-refractivity contribution in [1.29, 1.82) is 0 Å². The summed E-state index contributed by atoms with van der Waals surface area (Å²) in [5.41, 5.74) is 1.06. The van der Waals surface area contributed by atoms with E-state index < -0.39 is 0 Å². The molecule has 3 nitrogen and oxygen atoms in total. The minimum absolute atomic E-state index is 0.148. The lowest BCUT2D eigenvalue weighted by Crippen LogP contribution is -2.45. The van der Waals surface area contributed by atoms with Crippen molar-refractivity contribution in [3.63, 3.8) is 0 Å². The van der Waals surface area contributed by atoms with Crippen LogP contribution in [0.3, 0.4) is 0 Å². The van der Waals surface area contributed by atoms with E-state index in [1.807, 2.05) is 35.2 Å². The molecule has 3 heteroatoms. The second kappa shape index (κ2) is 5.74. The maximum Gasteiger partial charge on any atom is 0.245 e. The molecule has 0 aliphatic carbocycles. The zero-order valence-corrected chi connectivity index (χ0v) is 12.3. The molecule has 1 fully saturated rings. The summed E-state index contributed by atoms with van der Waals surface area (Å²) in [6.45, 7) is 8.60. The van der Waals surface area contributed by atoms with Gasteiger partial charge in [-0.25, -0.2) is 0 Å². The van der Waals surface area contributed by atoms with Gasteiger partial charge in [-0.15, -0.1) is 0 Å². The SMILES string of the molecule is CCC1NC(c2ccccc2)C(=O)N1C(C)C(C)C. The van der Waals surface area contributed by atoms with E-state index in [9.17, 15) is 4.79 Å². The largest absolute Gasteiger partial charge is 0.323 e. The van der Waals surface area contributed by atoms with Crippen molar-refractivity contribution in [3.8, 4) is 0 Å². The van der Waals surface area contributed by atoms with Crippen molar-refractivity contribution in [2.75, 3.05) is 0 Å². The maximum absolute atomic E-state index is 12.7. The predicted molar refractivity (Wildman–Crippen MR) is 77.5 cm³/mol. The van der Waals surface area contributed by atoms with Crippen LogP contribution in [0.1, 0.15) is 45.7 Å². The van der Waals surface area contributed by atoms with Crippen LogP contribution in [0.2, 0.25) is 0 Å². The van der Waals surface area contributed by atoms with E-state index in [1.54, 1.807) is 0 Å². The van der Waals surface area contributed by atoms with Crippen LogP contribution in [0.5, 0.6) is 0 Å². The first-order chi connectivity index (χ1) is 9.06. The Morgan fingerprint density at radius 3 is 2.37 bits per heavy atom. The Kier molecular flexibility index (Phi) is 4.25. The summed E-state index contributed by atoms with van der Waals surface area (Å²) in [6.07, 6.45) is 1.08. The molecule has 1 aliphatic rings. The van der Waals surface area contributed by atoms with Gasteiger partial charge < -0.3 is 4.90 Å². The maximum atomic E-state index is 12.7. The van der Waals surface area contributed by atoms with Crippen LogP contribution < -0.4 is 5.32 Å². The number of hydrogen-bond acceptors (Lipinski definition) is 2. The molecule has 3 atom stereocenters. The van der Waals surface area contributed by atoms with Crippen molar-refractivity contribution in [2.45, 2.75) is 52.4 Å². The molecule has 1 saturated heterocycles. The average Bonchev–Trinajstić information content (AvgIpc) is 2.75. The lowest BCUT2D eigenvalue weighted by atomic mass is 10.0. The molecule has 0 radical (unpaired) electrons. The number of nitrogens with zero attached hydrogens (tertiary/aromatic N) is 1. The van der Waals surface area contributed by atoms with Gasteiger partial charge in [0.25, 0.3) is 0 Å². The number of carbonyl (C=O) groups excluding carboxylic acids is 1. The van der Waals surface area contributed by atoms with E-state index in [1.165, 1.54) is 0 Å². The highest BCUT2D eigenvalue weighted by atomic mass is 16.2. The highest BCUT2D eigenvalue weighted by Crippen LogP contribution is 2.28. The molecule has 2 rings (SSSR count). The summed E-state index contributed by atoms with van der Waals surface area (Å²) in [7, 11) is 0. The molecular formula is C16H24N2O. The van der Waals surface area contributed by atoms with Gasteiger partial charge in [-0.2, -0.15) is 0 Å². The Bertz CT molecular complexity index is 430. The topological polar surface area (TPSA) is 32.3 Å². The molecule has 3 unspecified atom stereocenters. The first-order valence-corrected chi connectivity index (χ1v) is 7.19. The fourth-order valence-electron chi connectivity index (χ4n) is 2.65. The van der Waals surface area contributed by atoms with Crippen molar-refractivity contribution in [1.82, 2.24) is 10.2 Å². The normalized spacial score (nSPS) is 25.1. The molecule has 0 saturated carbocycles. The molecule has 0 bridgehead atoms. The van der Waals surface area contributed by atoms with E-state index in [0.717, 1.165) is 12.0 Å². The molecule has 104 valence electrons. The van der Waals surface area contributed by atoms with Crippen LogP contribution in [0, 0.1) is 5.92 Å². The van der Waals surface area contributed by atoms with E-state index in [0.29, 0.717) is 5.92 Å². The van der Waals surface area contributed by atoms with Crippen molar-refractivity contribution >= 4 is 5.91 Å². The highest BCUT2D eigenvalue weighted by molar-refractivity contribution is 5.86. The Morgan fingerprint density at radius 1 is 1.21 bits per heavy atom. The number of hydrogen-bond donors (Lipinski definition) is 1.